The van der Waals surface area contributed by atoms with Gasteiger partial charge in [0.1, 0.15) is 6.04 Å². The third-order valence-electron chi connectivity index (χ3n) is 1.27. The van der Waals surface area contributed by atoms with E-state index in [4.69, 9.17) is 12.9 Å². The summed E-state index contributed by atoms with van der Waals surface area (Å²) in [5.74, 6) is -0.679. The van der Waals surface area contributed by atoms with E-state index in [0.717, 1.165) is 12.8 Å². The normalized spacial score (nSPS) is 14.0. The lowest BCUT2D eigenvalue weighted by molar-refractivity contribution is -0.138. The van der Waals surface area contributed by atoms with Crippen molar-refractivity contribution < 1.29 is 9.90 Å². The van der Waals surface area contributed by atoms with Gasteiger partial charge < -0.3 is 16.6 Å². The van der Waals surface area contributed by atoms with E-state index >= 15 is 0 Å². The molecule has 1 atom stereocenters. The molecule has 0 aromatic heterocycles. The molecule has 0 aromatic rings. The number of hydrogen-bond acceptors (Lipinski definition) is 4. The predicted octanol–water partition coefficient (Wildman–Crippen LogP) is -0.473. The minimum absolute atomic E-state index is 0.537. The van der Waals surface area contributed by atoms with E-state index in [1.54, 1.807) is 0 Å². The van der Waals surface area contributed by atoms with E-state index in [1.165, 1.54) is 0 Å². The first kappa shape index (κ1) is 7.50. The lowest BCUT2D eigenvalue weighted by Gasteiger charge is -2.03. The maximum absolute atomic E-state index is 10.5. The van der Waals surface area contributed by atoms with Crippen molar-refractivity contribution in [2.45, 2.75) is 25.3 Å². The fraction of sp³-hybridized carbons (Fsp3) is 0.833. The van der Waals surface area contributed by atoms with Crippen molar-refractivity contribution in [3.8, 4) is 0 Å². The van der Waals surface area contributed by atoms with Crippen LogP contribution in [0.5, 0.6) is 0 Å². The van der Waals surface area contributed by atoms with E-state index < -0.39 is 12.0 Å². The van der Waals surface area contributed by atoms with Crippen molar-refractivity contribution in [1.29, 1.82) is 1.43 Å². The maximum Gasteiger partial charge on any atom is 0.320 e. The molecular weight excluding hydrogens is 132 g/mol. The first-order valence-corrected chi connectivity index (χ1v) is 3.35. The first-order valence-electron chi connectivity index (χ1n) is 3.76. The minimum atomic E-state index is -0.679. The molecule has 0 fully saturated rings. The van der Waals surface area contributed by atoms with Crippen molar-refractivity contribution >= 4 is 5.97 Å². The highest BCUT2D eigenvalue weighted by Crippen LogP contribution is 1.96. The molecule has 0 heterocycles. The maximum atomic E-state index is 10.5. The van der Waals surface area contributed by atoms with Gasteiger partial charge in [0.15, 0.2) is 0 Å². The van der Waals surface area contributed by atoms with E-state index in [1.807, 2.05) is 0 Å². The topological polar surface area (TPSA) is 89.3 Å². The fourth-order valence-electron chi connectivity index (χ4n) is 0.626. The molecule has 0 aliphatic heterocycles. The zero-order valence-corrected chi connectivity index (χ0v) is 5.88. The van der Waals surface area contributed by atoms with Crippen molar-refractivity contribution in [2.75, 3.05) is 6.54 Å². The molecular formula is C6H14N2O2. The molecule has 0 amide bonds. The first-order chi connectivity index (χ1) is 5.22. The van der Waals surface area contributed by atoms with Gasteiger partial charge in [-0.2, -0.15) is 0 Å². The van der Waals surface area contributed by atoms with E-state index in [-0.39, 0.29) is 0 Å². The molecule has 5 N–H and O–H groups in total. The largest absolute Gasteiger partial charge is 0.480 e. The summed E-state index contributed by atoms with van der Waals surface area (Å²) in [6, 6.07) is -0.668. The number of carboxylic acids is 1. The molecule has 0 unspecified atom stereocenters. The molecule has 0 saturated carbocycles. The molecule has 0 bridgehead atoms. The third kappa shape index (κ3) is 4.29. The number of unbranched alkanes of at least 4 members (excludes halogenated alkanes) is 1. The monoisotopic (exact) mass is 147 g/mol. The Morgan fingerprint density at radius 3 is 2.90 bits per heavy atom. The van der Waals surface area contributed by atoms with Gasteiger partial charge in [0, 0.05) is 0 Å². The van der Waals surface area contributed by atoms with Gasteiger partial charge in [-0.25, -0.2) is 0 Å². The molecule has 60 valence electrons. The third-order valence-corrected chi connectivity index (χ3v) is 1.27. The van der Waals surface area contributed by atoms with Gasteiger partial charge in [-0.15, -0.1) is 0 Å². The van der Waals surface area contributed by atoms with Crippen LogP contribution in [0.2, 0.25) is 0 Å². The highest BCUT2D eigenvalue weighted by atomic mass is 16.4. The second kappa shape index (κ2) is 5.20. The van der Waals surface area contributed by atoms with Crippen LogP contribution in [0.4, 0.5) is 0 Å². The van der Waals surface area contributed by atoms with Gasteiger partial charge >= 0.3 is 5.97 Å². The second-order valence-corrected chi connectivity index (χ2v) is 2.21. The highest BCUT2D eigenvalue weighted by Gasteiger charge is 2.09. The Kier molecular flexibility index (Phi) is 3.90. The minimum Gasteiger partial charge on any atom is -0.480 e. The van der Waals surface area contributed by atoms with Crippen molar-refractivity contribution in [2.24, 2.45) is 11.5 Å². The summed E-state index contributed by atoms with van der Waals surface area (Å²) in [5, 5.41) is 3.70. The van der Waals surface area contributed by atoms with Crippen LogP contribution >= 0.6 is 0 Å². The second-order valence-electron chi connectivity index (χ2n) is 2.21. The van der Waals surface area contributed by atoms with Gasteiger partial charge in [-0.05, 0) is 19.4 Å². The van der Waals surface area contributed by atoms with Gasteiger partial charge in [-0.3, -0.25) is 4.79 Å². The average molecular weight is 147 g/mol. The molecule has 0 radical (unpaired) electrons. The van der Waals surface area contributed by atoms with Crippen LogP contribution in [0.15, 0.2) is 0 Å². The van der Waals surface area contributed by atoms with Crippen LogP contribution in [-0.4, -0.2) is 23.7 Å². The molecule has 0 rings (SSSR count). The highest BCUT2D eigenvalue weighted by molar-refractivity contribution is 5.72. The fourth-order valence-corrected chi connectivity index (χ4v) is 0.626. The molecule has 0 aromatic carbocycles. The molecule has 10 heavy (non-hydrogen) atoms. The molecule has 0 aliphatic carbocycles. The number of nitrogens with two attached hydrogens (primary N) is 2. The SMILES string of the molecule is [2H]OC(=O)[C@H](N)CCCCN. The van der Waals surface area contributed by atoms with E-state index in [9.17, 15) is 4.79 Å². The molecule has 0 saturated heterocycles. The summed E-state index contributed by atoms with van der Waals surface area (Å²) in [4.78, 5) is 10.5. The van der Waals surface area contributed by atoms with Crippen LogP contribution in [0.25, 0.3) is 1.43 Å². The molecule has 0 spiro atoms. The predicted molar refractivity (Wildman–Crippen MR) is 38.5 cm³/mol. The number of rotatable bonds is 5. The van der Waals surface area contributed by atoms with Crippen LogP contribution in [0, 0.1) is 0 Å². The van der Waals surface area contributed by atoms with Gasteiger partial charge in [0.25, 0.3) is 1.43 Å². The Bertz CT molecular complexity index is 121. The Balaban J connectivity index is 3.36. The van der Waals surface area contributed by atoms with Gasteiger partial charge in [0.05, 0.1) is 0 Å². The summed E-state index contributed by atoms with van der Waals surface area (Å²) >= 11 is 0. The number of hydrogen-bond donors (Lipinski definition) is 3. The Hall–Kier alpha value is -0.610. The van der Waals surface area contributed by atoms with Crippen LogP contribution in [0.1, 0.15) is 19.3 Å². The molecule has 0 aliphatic rings. The molecule has 4 heteroatoms. The van der Waals surface area contributed by atoms with Crippen LogP contribution < -0.4 is 11.5 Å². The zero-order valence-electron chi connectivity index (χ0n) is 6.88. The van der Waals surface area contributed by atoms with Crippen LogP contribution in [0.3, 0.4) is 0 Å². The number of carbonyl (C=O) groups is 1. The number of aliphatic carboxylic acids is 1. The summed E-state index contributed by atoms with van der Waals surface area (Å²) in [5.41, 5.74) is 10.6. The van der Waals surface area contributed by atoms with Crippen molar-refractivity contribution in [3.63, 3.8) is 0 Å². The van der Waals surface area contributed by atoms with Crippen molar-refractivity contribution in [1.82, 2.24) is 0 Å². The quantitative estimate of drug-likeness (QED) is 0.458. The Morgan fingerprint density at radius 2 is 2.40 bits per heavy atom. The standard InChI is InChI=1S/C6H14N2O2/c7-4-2-1-3-5(8)6(9)10/h5H,1-4,7-8H2,(H,9,10)/t5-/m1/s1/i/hD. The summed E-state index contributed by atoms with van der Waals surface area (Å²) in [6.45, 7) is 0.600. The Labute approximate surface area is 61.7 Å². The summed E-state index contributed by atoms with van der Waals surface area (Å²) in [6.07, 6.45) is 2.18. The summed E-state index contributed by atoms with van der Waals surface area (Å²) in [7, 11) is 0. The van der Waals surface area contributed by atoms with E-state index in [2.05, 4.69) is 5.11 Å². The van der Waals surface area contributed by atoms with Gasteiger partial charge in [-0.1, -0.05) is 6.42 Å². The lowest BCUT2D eigenvalue weighted by Crippen LogP contribution is -2.29. The molecule has 4 nitrogen and oxygen atoms in total. The van der Waals surface area contributed by atoms with Crippen molar-refractivity contribution in [3.05, 3.63) is 0 Å². The number of carboxylic acid groups (broad SMARTS) is 1. The average Bonchev–Trinajstić information content (AvgIpc) is 2.03. The van der Waals surface area contributed by atoms with E-state index in [0.29, 0.717) is 13.0 Å². The lowest BCUT2D eigenvalue weighted by atomic mass is 10.1. The zero-order chi connectivity index (χ0) is 8.69. The smallest absolute Gasteiger partial charge is 0.320 e. The summed E-state index contributed by atoms with van der Waals surface area (Å²) < 4.78 is 6.27. The Morgan fingerprint density at radius 1 is 1.70 bits per heavy atom. The van der Waals surface area contributed by atoms with Crippen LogP contribution in [-0.2, 0) is 4.79 Å². The van der Waals surface area contributed by atoms with Gasteiger partial charge in [0.2, 0.25) is 0 Å².